The van der Waals surface area contributed by atoms with Crippen molar-refractivity contribution in [3.63, 3.8) is 0 Å². The first kappa shape index (κ1) is 10.4. The molecule has 0 unspecified atom stereocenters. The standard InChI is InChI=1S/C10H13N2O2/c1-3-12-9-6-7(14-2)4-5-8(9)10(11)13/h4-6H,3H2,1-2H3,(H2,11,13). The Morgan fingerprint density at radius 2 is 2.29 bits per heavy atom. The van der Waals surface area contributed by atoms with Crippen LogP contribution in [0.3, 0.4) is 0 Å². The molecule has 14 heavy (non-hydrogen) atoms. The van der Waals surface area contributed by atoms with Gasteiger partial charge in [-0.05, 0) is 19.1 Å². The van der Waals surface area contributed by atoms with E-state index in [1.54, 1.807) is 25.3 Å². The molecule has 1 aromatic carbocycles. The Morgan fingerprint density at radius 3 is 2.79 bits per heavy atom. The average molecular weight is 193 g/mol. The van der Waals surface area contributed by atoms with E-state index < -0.39 is 5.91 Å². The zero-order valence-corrected chi connectivity index (χ0v) is 8.28. The summed E-state index contributed by atoms with van der Waals surface area (Å²) in [6, 6.07) is 5.01. The highest BCUT2D eigenvalue weighted by Crippen LogP contribution is 2.21. The van der Waals surface area contributed by atoms with Gasteiger partial charge in [0, 0.05) is 12.6 Å². The first-order valence-corrected chi connectivity index (χ1v) is 4.34. The third kappa shape index (κ3) is 2.16. The lowest BCUT2D eigenvalue weighted by Gasteiger charge is -2.07. The monoisotopic (exact) mass is 193 g/mol. The number of nitrogens with zero attached hydrogens (tertiary/aromatic N) is 1. The number of hydrogen-bond acceptors (Lipinski definition) is 2. The summed E-state index contributed by atoms with van der Waals surface area (Å²) in [5.74, 6) is 0.196. The van der Waals surface area contributed by atoms with Gasteiger partial charge in [-0.3, -0.25) is 10.1 Å². The van der Waals surface area contributed by atoms with E-state index in [1.165, 1.54) is 0 Å². The second-order valence-electron chi connectivity index (χ2n) is 2.72. The number of rotatable bonds is 4. The van der Waals surface area contributed by atoms with Crippen LogP contribution in [0.25, 0.3) is 0 Å². The fraction of sp³-hybridized carbons (Fsp3) is 0.300. The van der Waals surface area contributed by atoms with Crippen molar-refractivity contribution in [3.8, 4) is 5.75 Å². The van der Waals surface area contributed by atoms with Crippen molar-refractivity contribution in [3.05, 3.63) is 23.8 Å². The minimum absolute atomic E-state index is 0.424. The highest BCUT2D eigenvalue weighted by Gasteiger charge is 2.09. The van der Waals surface area contributed by atoms with E-state index in [9.17, 15) is 4.79 Å². The second kappa shape index (κ2) is 4.50. The van der Waals surface area contributed by atoms with Gasteiger partial charge in [-0.25, -0.2) is 0 Å². The van der Waals surface area contributed by atoms with Crippen LogP contribution in [0.1, 0.15) is 17.3 Å². The Hall–Kier alpha value is -1.71. The molecule has 0 aliphatic carbocycles. The van der Waals surface area contributed by atoms with Crippen LogP contribution in [-0.2, 0) is 0 Å². The van der Waals surface area contributed by atoms with Crippen LogP contribution >= 0.6 is 0 Å². The van der Waals surface area contributed by atoms with Gasteiger partial charge in [0.2, 0.25) is 0 Å². The minimum atomic E-state index is -0.472. The summed E-state index contributed by atoms with van der Waals surface area (Å²) >= 11 is 0. The molecule has 1 radical (unpaired) electrons. The molecule has 0 saturated heterocycles. The largest absolute Gasteiger partial charge is 0.497 e. The lowest BCUT2D eigenvalue weighted by molar-refractivity contribution is 0.100. The molecule has 0 bridgehead atoms. The van der Waals surface area contributed by atoms with Gasteiger partial charge in [0.25, 0.3) is 5.91 Å². The van der Waals surface area contributed by atoms with Gasteiger partial charge in [0.15, 0.2) is 0 Å². The van der Waals surface area contributed by atoms with Crippen LogP contribution in [0.2, 0.25) is 0 Å². The smallest absolute Gasteiger partial charge is 0.250 e. The molecule has 0 fully saturated rings. The summed E-state index contributed by atoms with van der Waals surface area (Å²) in [6.45, 7) is 2.50. The predicted octanol–water partition coefficient (Wildman–Crippen LogP) is 1.05. The fourth-order valence-corrected chi connectivity index (χ4v) is 1.15. The van der Waals surface area contributed by atoms with E-state index >= 15 is 0 Å². The van der Waals surface area contributed by atoms with Crippen LogP contribution in [0, 0.1) is 0 Å². The van der Waals surface area contributed by atoms with Gasteiger partial charge < -0.3 is 10.5 Å². The van der Waals surface area contributed by atoms with Crippen molar-refractivity contribution in [1.82, 2.24) is 5.32 Å². The van der Waals surface area contributed by atoms with Gasteiger partial charge in [-0.2, -0.15) is 0 Å². The van der Waals surface area contributed by atoms with Crippen molar-refractivity contribution < 1.29 is 9.53 Å². The third-order valence-electron chi connectivity index (χ3n) is 1.80. The van der Waals surface area contributed by atoms with Gasteiger partial charge in [0.1, 0.15) is 5.75 Å². The van der Waals surface area contributed by atoms with Crippen LogP contribution in [0.5, 0.6) is 5.75 Å². The predicted molar refractivity (Wildman–Crippen MR) is 53.8 cm³/mol. The summed E-state index contributed by atoms with van der Waals surface area (Å²) in [7, 11) is 1.56. The minimum Gasteiger partial charge on any atom is -0.497 e. The summed E-state index contributed by atoms with van der Waals surface area (Å²) in [4.78, 5) is 11.0. The molecular formula is C10H13N2O2. The number of hydrogen-bond donors (Lipinski definition) is 1. The van der Waals surface area contributed by atoms with E-state index in [4.69, 9.17) is 10.5 Å². The van der Waals surface area contributed by atoms with Crippen LogP contribution in [0.15, 0.2) is 18.2 Å². The average Bonchev–Trinajstić information content (AvgIpc) is 2.17. The molecule has 0 aromatic heterocycles. The molecule has 1 aromatic rings. The number of carbonyl (C=O) groups excluding carboxylic acids is 1. The fourth-order valence-electron chi connectivity index (χ4n) is 1.15. The van der Waals surface area contributed by atoms with Gasteiger partial charge in [0.05, 0.1) is 18.4 Å². The Bertz CT molecular complexity index is 337. The normalized spacial score (nSPS) is 9.57. The molecule has 2 N–H and O–H groups in total. The maximum atomic E-state index is 11.0. The van der Waals surface area contributed by atoms with Crippen molar-refractivity contribution in [2.75, 3.05) is 13.7 Å². The quantitative estimate of drug-likeness (QED) is 0.776. The Balaban J connectivity index is 3.10. The van der Waals surface area contributed by atoms with Crippen LogP contribution < -0.4 is 15.8 Å². The molecule has 4 heteroatoms. The lowest BCUT2D eigenvalue weighted by atomic mass is 10.1. The first-order valence-electron chi connectivity index (χ1n) is 4.34. The van der Waals surface area contributed by atoms with Crippen molar-refractivity contribution in [1.29, 1.82) is 0 Å². The number of amides is 1. The molecule has 0 spiro atoms. The Morgan fingerprint density at radius 1 is 1.57 bits per heavy atom. The SMILES string of the molecule is CC[N]c1cc(OC)ccc1C(N)=O. The second-order valence-corrected chi connectivity index (χ2v) is 2.72. The summed E-state index contributed by atoms with van der Waals surface area (Å²) in [5, 5.41) is 4.16. The van der Waals surface area contributed by atoms with Gasteiger partial charge in [-0.15, -0.1) is 0 Å². The van der Waals surface area contributed by atoms with Crippen molar-refractivity contribution in [2.45, 2.75) is 6.92 Å². The Kier molecular flexibility index (Phi) is 3.34. The van der Waals surface area contributed by atoms with E-state index in [1.807, 2.05) is 6.92 Å². The molecule has 4 nitrogen and oxygen atoms in total. The first-order chi connectivity index (χ1) is 6.69. The molecular weight excluding hydrogens is 180 g/mol. The molecule has 1 rings (SSSR count). The number of carbonyl (C=O) groups is 1. The van der Waals surface area contributed by atoms with Gasteiger partial charge in [-0.1, -0.05) is 0 Å². The van der Waals surface area contributed by atoms with Crippen molar-refractivity contribution in [2.24, 2.45) is 5.73 Å². The summed E-state index contributed by atoms with van der Waals surface area (Å²) in [6.07, 6.45) is 0. The number of ether oxygens (including phenoxy) is 1. The number of primary amides is 1. The molecule has 0 aliphatic heterocycles. The lowest BCUT2D eigenvalue weighted by Crippen LogP contribution is -2.14. The third-order valence-corrected chi connectivity index (χ3v) is 1.80. The van der Waals surface area contributed by atoms with E-state index in [0.29, 0.717) is 23.5 Å². The van der Waals surface area contributed by atoms with Crippen molar-refractivity contribution >= 4 is 11.6 Å². The number of nitrogens with two attached hydrogens (primary N) is 1. The molecule has 0 saturated carbocycles. The highest BCUT2D eigenvalue weighted by molar-refractivity contribution is 5.97. The summed E-state index contributed by atoms with van der Waals surface area (Å²) in [5.41, 5.74) is 6.20. The number of benzene rings is 1. The molecule has 0 atom stereocenters. The zero-order chi connectivity index (χ0) is 10.6. The van der Waals surface area contributed by atoms with E-state index in [-0.39, 0.29) is 0 Å². The maximum Gasteiger partial charge on any atom is 0.250 e. The van der Waals surface area contributed by atoms with E-state index in [0.717, 1.165) is 0 Å². The van der Waals surface area contributed by atoms with Crippen LogP contribution in [0.4, 0.5) is 5.69 Å². The molecule has 0 aliphatic rings. The molecule has 75 valence electrons. The zero-order valence-electron chi connectivity index (χ0n) is 8.28. The molecule has 1 amide bonds. The van der Waals surface area contributed by atoms with Gasteiger partial charge >= 0.3 is 0 Å². The Labute approximate surface area is 83.1 Å². The molecule has 0 heterocycles. The topological polar surface area (TPSA) is 66.4 Å². The van der Waals surface area contributed by atoms with E-state index in [2.05, 4.69) is 5.32 Å². The van der Waals surface area contributed by atoms with Crippen LogP contribution in [-0.4, -0.2) is 19.6 Å². The maximum absolute atomic E-state index is 11.0. The summed E-state index contributed by atoms with van der Waals surface area (Å²) < 4.78 is 5.02. The number of methoxy groups -OCH3 is 1. The highest BCUT2D eigenvalue weighted by atomic mass is 16.5.